The van der Waals surface area contributed by atoms with Gasteiger partial charge in [0, 0.05) is 22.8 Å². The Morgan fingerprint density at radius 2 is 1.77 bits per heavy atom. The summed E-state index contributed by atoms with van der Waals surface area (Å²) in [4.78, 5) is 37.6. The van der Waals surface area contributed by atoms with Crippen molar-refractivity contribution >= 4 is 40.9 Å². The molecule has 10 nitrogen and oxygen atoms in total. The highest BCUT2D eigenvalue weighted by molar-refractivity contribution is 6.30. The lowest BCUT2D eigenvalue weighted by Crippen LogP contribution is -2.49. The summed E-state index contributed by atoms with van der Waals surface area (Å²) in [5.74, 6) is -0.493. The Morgan fingerprint density at radius 3 is 2.37 bits per heavy atom. The number of amides is 1. The minimum absolute atomic E-state index is 0.0195. The summed E-state index contributed by atoms with van der Waals surface area (Å²) >= 11 is 6.02. The number of halogens is 4. The van der Waals surface area contributed by atoms with Crippen molar-refractivity contribution in [2.75, 3.05) is 30.3 Å². The van der Waals surface area contributed by atoms with Crippen LogP contribution >= 0.6 is 11.6 Å². The van der Waals surface area contributed by atoms with Gasteiger partial charge < -0.3 is 26.0 Å². The van der Waals surface area contributed by atoms with Gasteiger partial charge in [-0.1, -0.05) is 23.7 Å². The maximum atomic E-state index is 12.9. The minimum Gasteiger partial charge on any atom is -0.454 e. The van der Waals surface area contributed by atoms with Gasteiger partial charge in [-0.2, -0.15) is 28.1 Å². The van der Waals surface area contributed by atoms with Crippen molar-refractivity contribution in [1.82, 2.24) is 25.6 Å². The smallest absolute Gasteiger partial charge is 0.422 e. The largest absolute Gasteiger partial charge is 0.454 e. The zero-order valence-electron chi connectivity index (χ0n) is 23.3. The first-order valence-corrected chi connectivity index (χ1v) is 14.3. The van der Waals surface area contributed by atoms with Crippen LogP contribution < -0.4 is 26.0 Å². The van der Waals surface area contributed by atoms with Crippen LogP contribution in [0.4, 0.5) is 30.8 Å². The molecule has 1 aromatic heterocycles. The third-order valence-corrected chi connectivity index (χ3v) is 7.66. The number of Topliss-reactive ketones (excluding diaryl/α,β-unsaturated/α-hetero) is 1. The van der Waals surface area contributed by atoms with Gasteiger partial charge in [-0.3, -0.25) is 9.59 Å². The van der Waals surface area contributed by atoms with Gasteiger partial charge in [0.25, 0.3) is 5.91 Å². The normalized spacial score (nSPS) is 18.3. The van der Waals surface area contributed by atoms with Crippen molar-refractivity contribution in [2.45, 2.75) is 50.4 Å². The van der Waals surface area contributed by atoms with Gasteiger partial charge in [-0.05, 0) is 87.0 Å². The average Bonchev–Trinajstić information content (AvgIpc) is 3.75. The first kappa shape index (κ1) is 30.5. The molecule has 14 heteroatoms. The molecule has 43 heavy (non-hydrogen) atoms. The van der Waals surface area contributed by atoms with E-state index < -0.39 is 30.4 Å². The van der Waals surface area contributed by atoms with Crippen LogP contribution in [0.15, 0.2) is 48.5 Å². The maximum Gasteiger partial charge on any atom is 0.422 e. The summed E-state index contributed by atoms with van der Waals surface area (Å²) < 4.78 is 43.4. The molecule has 2 atom stereocenters. The Labute approximate surface area is 251 Å². The maximum absolute atomic E-state index is 12.9. The van der Waals surface area contributed by atoms with E-state index >= 15 is 0 Å². The number of anilines is 3. The molecule has 2 aliphatic rings. The van der Waals surface area contributed by atoms with Crippen molar-refractivity contribution in [3.63, 3.8) is 0 Å². The zero-order valence-corrected chi connectivity index (χ0v) is 24.1. The van der Waals surface area contributed by atoms with Crippen LogP contribution in [0.3, 0.4) is 0 Å². The Kier molecular flexibility index (Phi) is 9.02. The predicted octanol–water partition coefficient (Wildman–Crippen LogP) is 5.00. The van der Waals surface area contributed by atoms with E-state index in [1.54, 1.807) is 36.4 Å². The van der Waals surface area contributed by atoms with Crippen LogP contribution in [0, 0.1) is 5.92 Å². The number of nitrogens with one attached hydrogen (secondary N) is 4. The molecule has 0 bridgehead atoms. The van der Waals surface area contributed by atoms with E-state index in [1.165, 1.54) is 6.92 Å². The number of nitrogens with zero attached hydrogens (tertiary/aromatic N) is 3. The number of rotatable bonds is 11. The summed E-state index contributed by atoms with van der Waals surface area (Å²) in [6.07, 6.45) is -1.29. The highest BCUT2D eigenvalue weighted by Gasteiger charge is 2.45. The molecule has 1 saturated heterocycles. The van der Waals surface area contributed by atoms with Crippen molar-refractivity contribution in [2.24, 2.45) is 5.92 Å². The lowest BCUT2D eigenvalue weighted by Gasteiger charge is -2.29. The molecule has 2 aromatic carbocycles. The Morgan fingerprint density at radius 1 is 1.07 bits per heavy atom. The first-order chi connectivity index (χ1) is 20.5. The molecule has 1 aliphatic heterocycles. The van der Waals surface area contributed by atoms with E-state index in [4.69, 9.17) is 16.3 Å². The SMILES string of the molecule is CC(=O)C(NC(=O)c1ccc(Nc2nc(NC3(c4ccc(Cl)cc4)CC3)nc(OCC(F)(F)F)n2)cc1)C1CCCNC1. The standard InChI is InChI=1S/C29H31ClF3N7O3/c1-17(41)23(19-3-2-14-34-15-19)36-24(42)18-4-10-22(11-5-18)35-25-37-26(39-27(38-25)43-16-29(31,32)33)40-28(12-13-28)20-6-8-21(30)9-7-20/h4-11,19,23,34H,2-3,12-16H2,1H3,(H,36,42)(H2,35,37,38,39,40). The summed E-state index contributed by atoms with van der Waals surface area (Å²) in [7, 11) is 0. The number of piperidine rings is 1. The topological polar surface area (TPSA) is 130 Å². The van der Waals surface area contributed by atoms with Crippen molar-refractivity contribution < 1.29 is 27.5 Å². The summed E-state index contributed by atoms with van der Waals surface area (Å²) in [5.41, 5.74) is 1.25. The number of carbonyl (C=O) groups is 2. The van der Waals surface area contributed by atoms with Gasteiger partial charge in [0.15, 0.2) is 12.4 Å². The average molecular weight is 618 g/mol. The van der Waals surface area contributed by atoms with Gasteiger partial charge in [-0.25, -0.2) is 0 Å². The predicted molar refractivity (Wildman–Crippen MR) is 155 cm³/mol. The van der Waals surface area contributed by atoms with Gasteiger partial charge in [0.1, 0.15) is 0 Å². The Hall–Kier alpha value is -3.97. The number of ether oxygens (including phenoxy) is 1. The Bertz CT molecular complexity index is 1450. The number of alkyl halides is 3. The molecule has 5 rings (SSSR count). The van der Waals surface area contributed by atoms with E-state index in [1.807, 2.05) is 12.1 Å². The van der Waals surface area contributed by atoms with Crippen LogP contribution in [-0.2, 0) is 10.3 Å². The van der Waals surface area contributed by atoms with E-state index in [9.17, 15) is 22.8 Å². The molecule has 2 heterocycles. The van der Waals surface area contributed by atoms with E-state index in [-0.39, 0.29) is 29.5 Å². The highest BCUT2D eigenvalue weighted by Crippen LogP contribution is 2.48. The molecule has 1 saturated carbocycles. The van der Waals surface area contributed by atoms with E-state index in [0.29, 0.717) is 22.8 Å². The van der Waals surface area contributed by atoms with Gasteiger partial charge in [0.05, 0.1) is 11.6 Å². The van der Waals surface area contributed by atoms with Crippen molar-refractivity contribution in [3.05, 3.63) is 64.7 Å². The summed E-state index contributed by atoms with van der Waals surface area (Å²) in [6, 6.07) is 12.5. The van der Waals surface area contributed by atoms with Gasteiger partial charge in [-0.15, -0.1) is 0 Å². The molecule has 1 amide bonds. The second kappa shape index (κ2) is 12.7. The van der Waals surface area contributed by atoms with Gasteiger partial charge >= 0.3 is 12.2 Å². The number of hydrogen-bond donors (Lipinski definition) is 4. The number of carbonyl (C=O) groups excluding carboxylic acids is 2. The molecule has 0 radical (unpaired) electrons. The fraction of sp³-hybridized carbons (Fsp3) is 0.414. The fourth-order valence-electron chi connectivity index (χ4n) is 5.05. The molecular formula is C29H31ClF3N7O3. The summed E-state index contributed by atoms with van der Waals surface area (Å²) in [5, 5.41) is 12.8. The van der Waals surface area contributed by atoms with E-state index in [2.05, 4.69) is 36.2 Å². The highest BCUT2D eigenvalue weighted by atomic mass is 35.5. The second-order valence-electron chi connectivity index (χ2n) is 10.8. The molecule has 228 valence electrons. The Balaban J connectivity index is 1.31. The number of hydrogen-bond acceptors (Lipinski definition) is 9. The van der Waals surface area contributed by atoms with Crippen molar-refractivity contribution in [1.29, 1.82) is 0 Å². The lowest BCUT2D eigenvalue weighted by atomic mass is 9.89. The van der Waals surface area contributed by atoms with Gasteiger partial charge in [0.2, 0.25) is 11.9 Å². The van der Waals surface area contributed by atoms with Crippen LogP contribution in [-0.4, -0.2) is 58.6 Å². The molecule has 0 spiro atoms. The minimum atomic E-state index is -4.58. The third-order valence-electron chi connectivity index (χ3n) is 7.41. The van der Waals surface area contributed by atoms with Crippen molar-refractivity contribution in [3.8, 4) is 6.01 Å². The molecule has 2 fully saturated rings. The number of aromatic nitrogens is 3. The quantitative estimate of drug-likeness (QED) is 0.235. The molecule has 1 aliphatic carbocycles. The number of benzene rings is 2. The summed E-state index contributed by atoms with van der Waals surface area (Å²) in [6.45, 7) is 1.45. The third kappa shape index (κ3) is 8.11. The van der Waals surface area contributed by atoms with Crippen LogP contribution in [0.2, 0.25) is 5.02 Å². The molecular weight excluding hydrogens is 587 g/mol. The molecule has 2 unspecified atom stereocenters. The number of ketones is 1. The molecule has 4 N–H and O–H groups in total. The van der Waals surface area contributed by atoms with Crippen LogP contribution in [0.5, 0.6) is 6.01 Å². The van der Waals surface area contributed by atoms with E-state index in [0.717, 1.165) is 37.8 Å². The second-order valence-corrected chi connectivity index (χ2v) is 11.2. The lowest BCUT2D eigenvalue weighted by molar-refractivity contribution is -0.154. The first-order valence-electron chi connectivity index (χ1n) is 13.9. The molecule has 3 aromatic rings. The van der Waals surface area contributed by atoms with Crippen LogP contribution in [0.1, 0.15) is 48.5 Å². The van der Waals surface area contributed by atoms with Crippen LogP contribution in [0.25, 0.3) is 0 Å². The zero-order chi connectivity index (χ0) is 30.6. The monoisotopic (exact) mass is 617 g/mol. The fourth-order valence-corrected chi connectivity index (χ4v) is 5.17.